The quantitative estimate of drug-likeness (QED) is 0.142. The number of hydrogen-bond acceptors (Lipinski definition) is 16. The Labute approximate surface area is 460 Å². The van der Waals surface area contributed by atoms with E-state index < -0.39 is 20.5 Å². The van der Waals surface area contributed by atoms with E-state index in [4.69, 9.17) is 37.3 Å². The van der Waals surface area contributed by atoms with Crippen LogP contribution in [0.3, 0.4) is 0 Å². The van der Waals surface area contributed by atoms with Crippen molar-refractivity contribution in [3.63, 3.8) is 0 Å². The van der Waals surface area contributed by atoms with E-state index in [0.717, 1.165) is 45.6 Å². The van der Waals surface area contributed by atoms with Crippen LogP contribution in [0.25, 0.3) is 45.6 Å². The van der Waals surface area contributed by atoms with Crippen LogP contribution in [0.4, 0.5) is 0 Å². The number of nitrogens with zero attached hydrogens (tertiary/aromatic N) is 12. The first kappa shape index (κ1) is 58.5. The summed E-state index contributed by atoms with van der Waals surface area (Å²) in [4.78, 5) is 17.5. The molecule has 0 fully saturated rings. The van der Waals surface area contributed by atoms with E-state index in [1.54, 1.807) is 24.8 Å². The van der Waals surface area contributed by atoms with E-state index in [0.29, 0.717) is 26.2 Å². The third kappa shape index (κ3) is 19.8. The van der Waals surface area contributed by atoms with Gasteiger partial charge in [-0.3, -0.25) is 38.7 Å². The molecule has 0 unspecified atom stereocenters. The molecule has 0 radical (unpaired) electrons. The molecule has 0 saturated heterocycles. The van der Waals surface area contributed by atoms with Gasteiger partial charge in [0.1, 0.15) is 22.8 Å². The zero-order valence-electron chi connectivity index (χ0n) is 39.1. The van der Waals surface area contributed by atoms with E-state index in [1.807, 2.05) is 141 Å². The monoisotopic (exact) mass is 1220 g/mol. The Balaban J connectivity index is 0.000000227. The number of hydrogen-bond donors (Lipinski definition) is 0. The Morgan fingerprint density at radius 3 is 0.730 bits per heavy atom. The van der Waals surface area contributed by atoms with Crippen molar-refractivity contribution in [1.82, 2.24) is 59.1 Å². The number of pyridine rings is 4. The fraction of sp³-hybridized carbons (Fsp3) is 0.120. The molecule has 0 aliphatic rings. The normalized spacial score (nSPS) is 10.8. The molecular weight excluding hydrogens is 1180 g/mol. The summed E-state index contributed by atoms with van der Waals surface area (Å²) in [7, 11) is -9.89. The van der Waals surface area contributed by atoms with Crippen molar-refractivity contribution in [3.05, 3.63) is 216 Å². The van der Waals surface area contributed by atoms with Gasteiger partial charge in [-0.1, -0.05) is 71.8 Å². The van der Waals surface area contributed by atoms with Crippen LogP contribution in [-0.4, -0.2) is 59.1 Å². The summed E-state index contributed by atoms with van der Waals surface area (Å²) >= 11 is 0. The molecule has 74 heavy (non-hydrogen) atoms. The Kier molecular flexibility index (Phi) is 22.0. The molecule has 10 aromatic rings. The molecule has 0 amide bonds. The third-order valence-corrected chi connectivity index (χ3v) is 10.0. The summed E-state index contributed by atoms with van der Waals surface area (Å²) in [5, 5.41) is 18.7. The zero-order chi connectivity index (χ0) is 51.1. The minimum atomic E-state index is -4.94. The molecule has 388 valence electrons. The molecule has 0 spiro atoms. The van der Waals surface area contributed by atoms with E-state index in [2.05, 4.69) is 90.6 Å². The van der Waals surface area contributed by atoms with Crippen LogP contribution in [0.15, 0.2) is 183 Å². The first-order valence-electron chi connectivity index (χ1n) is 21.7. The first-order chi connectivity index (χ1) is 34.5. The van der Waals surface area contributed by atoms with Gasteiger partial charge in [-0.15, -0.1) is 20.5 Å². The van der Waals surface area contributed by atoms with Crippen molar-refractivity contribution in [1.29, 1.82) is 0 Å². The van der Waals surface area contributed by atoms with Gasteiger partial charge in [0, 0.05) is 49.6 Å². The Morgan fingerprint density at radius 1 is 0.324 bits per heavy atom. The average Bonchev–Trinajstić information content (AvgIpc) is 4.19. The van der Waals surface area contributed by atoms with Gasteiger partial charge in [0.2, 0.25) is 0 Å². The summed E-state index contributed by atoms with van der Waals surface area (Å²) in [6, 6.07) is 44.7. The van der Waals surface area contributed by atoms with Crippen molar-refractivity contribution in [2.24, 2.45) is 0 Å². The molecule has 2 aromatic carbocycles. The van der Waals surface area contributed by atoms with Gasteiger partial charge in [0.25, 0.3) is 0 Å². The van der Waals surface area contributed by atoms with Crippen LogP contribution >= 0.6 is 0 Å². The zero-order valence-corrected chi connectivity index (χ0v) is 43.6. The van der Waals surface area contributed by atoms with Crippen LogP contribution in [-0.2, 0) is 70.9 Å². The van der Waals surface area contributed by atoms with Gasteiger partial charge in [0.05, 0.1) is 49.0 Å². The van der Waals surface area contributed by atoms with Crippen molar-refractivity contribution < 1.29 is 103 Å². The number of halogens is 2. The fourth-order valence-electron chi connectivity index (χ4n) is 7.41. The van der Waals surface area contributed by atoms with E-state index in [-0.39, 0.29) is 44.8 Å². The van der Waals surface area contributed by atoms with E-state index >= 15 is 0 Å². The third-order valence-electron chi connectivity index (χ3n) is 10.0. The summed E-state index contributed by atoms with van der Waals surface area (Å²) in [5.74, 6) is 0. The molecule has 0 saturated carbocycles. The smallest absolute Gasteiger partial charge is 0.268 e. The summed E-state index contributed by atoms with van der Waals surface area (Å²) in [6.07, 6.45) is 15.1. The minimum absolute atomic E-state index is 0. The molecule has 10 rings (SSSR count). The topological polar surface area (TPSA) is 307 Å². The number of benzene rings is 2. The predicted molar refractivity (Wildman–Crippen MR) is 241 cm³/mol. The maximum atomic E-state index is 8.49. The molecule has 8 aromatic heterocycles. The minimum Gasteiger partial charge on any atom is -0.268 e. The summed E-state index contributed by atoms with van der Waals surface area (Å²) in [6.45, 7) is 7.08. The SMILES string of the molecule is Cc1cc(Cn2ccc(-c3ccccn3)n2)cc(Cn2ccc(-c3ccccn3)n2)c1.Cc1cc(Cn2ccc(-c3ccccn3)n2)cc(Cn2ccc(-c3ccccn3)n2)c1.[Ag+].[Ag+].[O-][Cl+3]([O-])([O-])[O-].[O-][Cl+3]([O-])([O-])[O-]. The number of aryl methyl sites for hydroxylation is 2. The molecule has 0 aliphatic carbocycles. The molecule has 8 heterocycles. The van der Waals surface area contributed by atoms with Crippen molar-refractivity contribution in [2.75, 3.05) is 0 Å². The second-order valence-electron chi connectivity index (χ2n) is 15.9. The number of aromatic nitrogens is 12. The number of rotatable bonds is 12. The van der Waals surface area contributed by atoms with Gasteiger partial charge in [-0.2, -0.15) is 20.4 Å². The van der Waals surface area contributed by atoms with Gasteiger partial charge in [-0.05, 0) is 109 Å². The standard InChI is InChI=1S/2C25H22N6.2Ag.2ClHO4/c2*1-19-14-20(17-30-12-8-24(28-30)22-6-2-4-10-26-22)16-21(15-19)18-31-13-9-25(29-31)23-7-3-5-11-27-23;;;2*2-1(3,4)5/h2*2-16H,17-18H2,1H3;;;2*(H,2,3,4,5)/q;;2*+1;;/p-2. The van der Waals surface area contributed by atoms with Crippen LogP contribution in [0, 0.1) is 34.3 Å². The van der Waals surface area contributed by atoms with E-state index in [1.165, 1.54) is 33.4 Å². The second kappa shape index (κ2) is 27.8. The molecular formula is C50H44Ag2Cl2N12O8. The average molecular weight is 1230 g/mol. The van der Waals surface area contributed by atoms with Crippen LogP contribution in [0.5, 0.6) is 0 Å². The second-order valence-corrected chi connectivity index (χ2v) is 17.4. The van der Waals surface area contributed by atoms with Gasteiger partial charge >= 0.3 is 44.8 Å². The Hall–Kier alpha value is -6.38. The summed E-state index contributed by atoms with van der Waals surface area (Å²) in [5.41, 5.74) is 14.3. The predicted octanol–water partition coefficient (Wildman–Crippen LogP) is -0.300. The van der Waals surface area contributed by atoms with Crippen molar-refractivity contribution in [3.8, 4) is 45.6 Å². The molecule has 24 heteroatoms. The van der Waals surface area contributed by atoms with Crippen LogP contribution in [0.1, 0.15) is 33.4 Å². The van der Waals surface area contributed by atoms with Crippen molar-refractivity contribution >= 4 is 0 Å². The maximum absolute atomic E-state index is 8.49. The molecule has 0 atom stereocenters. The van der Waals surface area contributed by atoms with E-state index in [9.17, 15) is 0 Å². The van der Waals surface area contributed by atoms with Gasteiger partial charge in [-0.25, -0.2) is 37.3 Å². The molecule has 0 N–H and O–H groups in total. The van der Waals surface area contributed by atoms with Crippen molar-refractivity contribution in [2.45, 2.75) is 40.0 Å². The fourth-order valence-corrected chi connectivity index (χ4v) is 7.41. The molecule has 0 aliphatic heterocycles. The largest absolute Gasteiger partial charge is 1.00 e. The maximum Gasteiger partial charge on any atom is 1.00 e. The molecule has 0 bridgehead atoms. The van der Waals surface area contributed by atoms with Crippen LogP contribution in [0.2, 0.25) is 0 Å². The van der Waals surface area contributed by atoms with Gasteiger partial charge in [0.15, 0.2) is 0 Å². The molecule has 20 nitrogen and oxygen atoms in total. The first-order valence-corrected chi connectivity index (χ1v) is 24.1. The van der Waals surface area contributed by atoms with Gasteiger partial charge < -0.3 is 0 Å². The summed E-state index contributed by atoms with van der Waals surface area (Å²) < 4.78 is 75.8. The Morgan fingerprint density at radius 2 is 0.541 bits per heavy atom. The Bertz CT molecular complexity index is 2820. The van der Waals surface area contributed by atoms with Crippen LogP contribution < -0.4 is 37.3 Å².